The zero-order valence-corrected chi connectivity index (χ0v) is 13.6. The molecule has 21 heavy (non-hydrogen) atoms. The highest BCUT2D eigenvalue weighted by Gasteiger charge is 2.27. The second-order valence-electron chi connectivity index (χ2n) is 5.97. The molecule has 0 saturated heterocycles. The lowest BCUT2D eigenvalue weighted by atomic mass is 9.82. The van der Waals surface area contributed by atoms with Crippen LogP contribution in [-0.2, 0) is 11.2 Å². The Morgan fingerprint density at radius 3 is 2.86 bits per heavy atom. The SMILES string of the molecule is CCCC(OC)c1noc(CC2CCCCC2NCC)n1. The molecule has 1 fully saturated rings. The van der Waals surface area contributed by atoms with E-state index in [9.17, 15) is 0 Å². The van der Waals surface area contributed by atoms with E-state index in [1.54, 1.807) is 7.11 Å². The summed E-state index contributed by atoms with van der Waals surface area (Å²) in [4.78, 5) is 4.56. The Kier molecular flexibility index (Phi) is 6.64. The quantitative estimate of drug-likeness (QED) is 0.797. The Bertz CT molecular complexity index is 406. The molecule has 0 aromatic carbocycles. The Labute approximate surface area is 127 Å². The predicted octanol–water partition coefficient (Wildman–Crippen LogP) is 3.27. The lowest BCUT2D eigenvalue weighted by molar-refractivity contribution is 0.0854. The van der Waals surface area contributed by atoms with Gasteiger partial charge in [0.2, 0.25) is 11.7 Å². The highest BCUT2D eigenvalue weighted by atomic mass is 16.5. The Morgan fingerprint density at radius 1 is 1.33 bits per heavy atom. The van der Waals surface area contributed by atoms with Gasteiger partial charge in [-0.2, -0.15) is 4.98 Å². The minimum Gasteiger partial charge on any atom is -0.373 e. The van der Waals surface area contributed by atoms with Crippen molar-refractivity contribution in [2.45, 2.75) is 70.9 Å². The van der Waals surface area contributed by atoms with Gasteiger partial charge in [0, 0.05) is 19.6 Å². The molecule has 1 aromatic heterocycles. The molecule has 1 aliphatic carbocycles. The van der Waals surface area contributed by atoms with E-state index in [1.165, 1.54) is 25.7 Å². The van der Waals surface area contributed by atoms with Crippen molar-refractivity contribution in [3.05, 3.63) is 11.7 Å². The van der Waals surface area contributed by atoms with Gasteiger partial charge in [-0.1, -0.05) is 38.3 Å². The van der Waals surface area contributed by atoms with E-state index in [0.717, 1.165) is 31.7 Å². The summed E-state index contributed by atoms with van der Waals surface area (Å²) >= 11 is 0. The van der Waals surface area contributed by atoms with Gasteiger partial charge < -0.3 is 14.6 Å². The third-order valence-corrected chi connectivity index (χ3v) is 4.42. The standard InChI is InChI=1S/C16H29N3O2/c1-4-8-14(20-3)16-18-15(21-19-16)11-12-9-6-7-10-13(12)17-5-2/h12-14,17H,4-11H2,1-3H3. The summed E-state index contributed by atoms with van der Waals surface area (Å²) in [5.74, 6) is 2.07. The summed E-state index contributed by atoms with van der Waals surface area (Å²) < 4.78 is 10.9. The summed E-state index contributed by atoms with van der Waals surface area (Å²) in [5.41, 5.74) is 0. The number of methoxy groups -OCH3 is 1. The van der Waals surface area contributed by atoms with Gasteiger partial charge in [-0.25, -0.2) is 0 Å². The topological polar surface area (TPSA) is 60.2 Å². The first-order valence-corrected chi connectivity index (χ1v) is 8.37. The van der Waals surface area contributed by atoms with Crippen molar-refractivity contribution in [3.8, 4) is 0 Å². The second kappa shape index (κ2) is 8.49. The second-order valence-corrected chi connectivity index (χ2v) is 5.97. The van der Waals surface area contributed by atoms with Crippen LogP contribution in [0.15, 0.2) is 4.52 Å². The Morgan fingerprint density at radius 2 is 2.14 bits per heavy atom. The first-order chi connectivity index (χ1) is 10.3. The summed E-state index contributed by atoms with van der Waals surface area (Å²) in [6.45, 7) is 5.33. The minimum absolute atomic E-state index is 0.0385. The third kappa shape index (κ3) is 4.51. The number of aromatic nitrogens is 2. The lowest BCUT2D eigenvalue weighted by Crippen LogP contribution is -2.39. The van der Waals surface area contributed by atoms with Crippen LogP contribution in [0.25, 0.3) is 0 Å². The van der Waals surface area contributed by atoms with Gasteiger partial charge in [-0.3, -0.25) is 0 Å². The summed E-state index contributed by atoms with van der Waals surface area (Å²) in [5, 5.41) is 7.71. The Hall–Kier alpha value is -0.940. The van der Waals surface area contributed by atoms with E-state index in [0.29, 0.717) is 17.8 Å². The van der Waals surface area contributed by atoms with Crippen molar-refractivity contribution < 1.29 is 9.26 Å². The molecule has 0 amide bonds. The number of rotatable bonds is 8. The molecule has 0 bridgehead atoms. The molecule has 5 nitrogen and oxygen atoms in total. The van der Waals surface area contributed by atoms with E-state index in [2.05, 4.69) is 29.3 Å². The van der Waals surface area contributed by atoms with Crippen LogP contribution in [0.5, 0.6) is 0 Å². The Balaban J connectivity index is 1.97. The fourth-order valence-corrected chi connectivity index (χ4v) is 3.30. The molecule has 1 N–H and O–H groups in total. The van der Waals surface area contributed by atoms with Crippen molar-refractivity contribution in [3.63, 3.8) is 0 Å². The highest BCUT2D eigenvalue weighted by Crippen LogP contribution is 2.28. The van der Waals surface area contributed by atoms with Crippen LogP contribution in [0.4, 0.5) is 0 Å². The van der Waals surface area contributed by atoms with Crippen molar-refractivity contribution in [1.29, 1.82) is 0 Å². The summed E-state index contributed by atoms with van der Waals surface area (Å²) in [7, 11) is 1.71. The lowest BCUT2D eigenvalue weighted by Gasteiger charge is -2.31. The van der Waals surface area contributed by atoms with Gasteiger partial charge in [-0.15, -0.1) is 0 Å². The van der Waals surface area contributed by atoms with Gasteiger partial charge in [0.05, 0.1) is 0 Å². The highest BCUT2D eigenvalue weighted by molar-refractivity contribution is 4.94. The number of hydrogen-bond acceptors (Lipinski definition) is 5. The van der Waals surface area contributed by atoms with E-state index < -0.39 is 0 Å². The normalized spacial score (nSPS) is 24.1. The maximum Gasteiger partial charge on any atom is 0.227 e. The largest absolute Gasteiger partial charge is 0.373 e. The fraction of sp³-hybridized carbons (Fsp3) is 0.875. The molecule has 1 aromatic rings. The predicted molar refractivity (Wildman–Crippen MR) is 82.1 cm³/mol. The molecule has 1 aliphatic rings. The number of hydrogen-bond donors (Lipinski definition) is 1. The van der Waals surface area contributed by atoms with Crippen molar-refractivity contribution in [2.75, 3.05) is 13.7 Å². The molecule has 1 saturated carbocycles. The molecule has 3 atom stereocenters. The molecule has 1 heterocycles. The molecule has 3 unspecified atom stereocenters. The third-order valence-electron chi connectivity index (χ3n) is 4.42. The fourth-order valence-electron chi connectivity index (χ4n) is 3.30. The summed E-state index contributed by atoms with van der Waals surface area (Å²) in [6, 6.07) is 0.591. The average Bonchev–Trinajstić information content (AvgIpc) is 2.95. The number of nitrogens with one attached hydrogen (secondary N) is 1. The molecule has 0 radical (unpaired) electrons. The molecule has 5 heteroatoms. The molecule has 120 valence electrons. The van der Waals surface area contributed by atoms with Gasteiger partial charge in [0.25, 0.3) is 0 Å². The van der Waals surface area contributed by atoms with E-state index in [-0.39, 0.29) is 6.10 Å². The van der Waals surface area contributed by atoms with Crippen molar-refractivity contribution in [1.82, 2.24) is 15.5 Å². The van der Waals surface area contributed by atoms with Gasteiger partial charge in [0.1, 0.15) is 6.10 Å². The van der Waals surface area contributed by atoms with Crippen LogP contribution in [0.2, 0.25) is 0 Å². The monoisotopic (exact) mass is 295 g/mol. The molecule has 0 aliphatic heterocycles. The molecular formula is C16H29N3O2. The van der Waals surface area contributed by atoms with Crippen LogP contribution in [0, 0.1) is 5.92 Å². The minimum atomic E-state index is -0.0385. The average molecular weight is 295 g/mol. The maximum atomic E-state index is 5.45. The number of nitrogens with zero attached hydrogens (tertiary/aromatic N) is 2. The van der Waals surface area contributed by atoms with Crippen molar-refractivity contribution >= 4 is 0 Å². The zero-order chi connectivity index (χ0) is 15.1. The molecular weight excluding hydrogens is 266 g/mol. The van der Waals surface area contributed by atoms with Gasteiger partial charge >= 0.3 is 0 Å². The van der Waals surface area contributed by atoms with Crippen LogP contribution in [0.1, 0.15) is 70.2 Å². The maximum absolute atomic E-state index is 5.45. The van der Waals surface area contributed by atoms with Gasteiger partial charge in [-0.05, 0) is 31.7 Å². The summed E-state index contributed by atoms with van der Waals surface area (Å²) in [6.07, 6.45) is 7.96. The van der Waals surface area contributed by atoms with E-state index in [1.807, 2.05) is 0 Å². The van der Waals surface area contributed by atoms with Crippen LogP contribution >= 0.6 is 0 Å². The number of ether oxygens (including phenoxy) is 1. The van der Waals surface area contributed by atoms with E-state index in [4.69, 9.17) is 9.26 Å². The molecule has 2 rings (SSSR count). The molecule has 0 spiro atoms. The van der Waals surface area contributed by atoms with Crippen LogP contribution in [0.3, 0.4) is 0 Å². The zero-order valence-electron chi connectivity index (χ0n) is 13.6. The first kappa shape index (κ1) is 16.4. The smallest absolute Gasteiger partial charge is 0.227 e. The van der Waals surface area contributed by atoms with E-state index >= 15 is 0 Å². The van der Waals surface area contributed by atoms with Crippen molar-refractivity contribution in [2.24, 2.45) is 5.92 Å². The first-order valence-electron chi connectivity index (χ1n) is 8.37. The van der Waals surface area contributed by atoms with Crippen LogP contribution < -0.4 is 5.32 Å². The van der Waals surface area contributed by atoms with Gasteiger partial charge in [0.15, 0.2) is 0 Å². The van der Waals surface area contributed by atoms with Crippen LogP contribution in [-0.4, -0.2) is 29.8 Å².